The Bertz CT molecular complexity index is 961. The normalized spacial score (nSPS) is 16.7. The van der Waals surface area contributed by atoms with Gasteiger partial charge in [-0.25, -0.2) is 0 Å². The Morgan fingerprint density at radius 1 is 0.971 bits per heavy atom. The maximum absolute atomic E-state index is 13.2. The fourth-order valence-corrected chi connectivity index (χ4v) is 4.85. The molecule has 0 spiro atoms. The minimum absolute atomic E-state index is 0.0281. The Kier molecular flexibility index (Phi) is 10.3. The third-order valence-corrected chi connectivity index (χ3v) is 6.58. The van der Waals surface area contributed by atoms with Crippen LogP contribution >= 0.6 is 0 Å². The fraction of sp³-hybridized carbons (Fsp3) is 0.517. The smallest absolute Gasteiger partial charge is 0.251 e. The molecule has 0 fully saturated rings. The van der Waals surface area contributed by atoms with Gasteiger partial charge in [0.25, 0.3) is 5.91 Å². The van der Waals surface area contributed by atoms with Crippen molar-refractivity contribution in [3.63, 3.8) is 0 Å². The molecule has 190 valence electrons. The number of aliphatic hydroxyl groups is 1. The van der Waals surface area contributed by atoms with E-state index < -0.39 is 6.04 Å². The van der Waals surface area contributed by atoms with Gasteiger partial charge in [-0.2, -0.15) is 0 Å². The number of anilines is 1. The first kappa shape index (κ1) is 26.9. The van der Waals surface area contributed by atoms with Gasteiger partial charge < -0.3 is 15.3 Å². The highest BCUT2D eigenvalue weighted by atomic mass is 16.3. The van der Waals surface area contributed by atoms with Crippen molar-refractivity contribution >= 4 is 17.5 Å². The van der Waals surface area contributed by atoms with Crippen LogP contribution in [0.3, 0.4) is 0 Å². The molecule has 0 saturated heterocycles. The van der Waals surface area contributed by atoms with Gasteiger partial charge in [-0.15, -0.1) is 0 Å². The first-order valence-corrected chi connectivity index (χ1v) is 13.0. The largest absolute Gasteiger partial charge is 0.394 e. The second kappa shape index (κ2) is 13.4. The van der Waals surface area contributed by atoms with E-state index in [-0.39, 0.29) is 18.4 Å². The molecule has 0 saturated carbocycles. The van der Waals surface area contributed by atoms with E-state index in [2.05, 4.69) is 24.1 Å². The lowest BCUT2D eigenvalue weighted by atomic mass is 10.0. The molecular weight excluding hydrogens is 438 g/mol. The Morgan fingerprint density at radius 2 is 1.66 bits per heavy atom. The molecule has 35 heavy (non-hydrogen) atoms. The molecular formula is C29H41N3O3. The molecule has 1 atom stereocenters. The molecule has 6 nitrogen and oxygen atoms in total. The molecule has 1 aliphatic rings. The summed E-state index contributed by atoms with van der Waals surface area (Å²) in [5, 5.41) is 12.9. The van der Waals surface area contributed by atoms with Gasteiger partial charge in [0.05, 0.1) is 12.6 Å². The van der Waals surface area contributed by atoms with Crippen molar-refractivity contribution in [2.75, 3.05) is 31.1 Å². The predicted octanol–water partition coefficient (Wildman–Crippen LogP) is 4.93. The van der Waals surface area contributed by atoms with Crippen LogP contribution in [-0.2, 0) is 11.3 Å². The molecule has 0 unspecified atom stereocenters. The number of nitrogens with one attached hydrogen (secondary N) is 1. The summed E-state index contributed by atoms with van der Waals surface area (Å²) >= 11 is 0. The second-order valence-electron chi connectivity index (χ2n) is 10.0. The van der Waals surface area contributed by atoms with Gasteiger partial charge in [0.1, 0.15) is 0 Å². The Labute approximate surface area is 210 Å². The molecule has 0 aromatic heterocycles. The number of benzene rings is 2. The fourth-order valence-electron chi connectivity index (χ4n) is 4.85. The van der Waals surface area contributed by atoms with E-state index in [9.17, 15) is 14.7 Å². The molecule has 0 radical (unpaired) electrons. The number of carbonyl (C=O) groups is 2. The van der Waals surface area contributed by atoms with Crippen LogP contribution in [0.15, 0.2) is 48.5 Å². The highest BCUT2D eigenvalue weighted by Gasteiger charge is 2.21. The van der Waals surface area contributed by atoms with Crippen molar-refractivity contribution in [3.8, 4) is 0 Å². The van der Waals surface area contributed by atoms with Gasteiger partial charge in [0.2, 0.25) is 5.91 Å². The molecule has 3 rings (SSSR count). The van der Waals surface area contributed by atoms with Crippen LogP contribution in [0.2, 0.25) is 0 Å². The first-order chi connectivity index (χ1) is 16.9. The summed E-state index contributed by atoms with van der Waals surface area (Å²) < 4.78 is 0. The molecule has 2 amide bonds. The summed E-state index contributed by atoms with van der Waals surface area (Å²) in [6.45, 7) is 9.25. The molecule has 2 N–H and O–H groups in total. The summed E-state index contributed by atoms with van der Waals surface area (Å²) in [5.74, 6) is 0.324. The average Bonchev–Trinajstić information content (AvgIpc) is 2.83. The maximum Gasteiger partial charge on any atom is 0.251 e. The van der Waals surface area contributed by atoms with E-state index >= 15 is 0 Å². The SMILES string of the molecule is CC(=O)N1CCCCCCCN(CC(C)C)Cc2cc(C(=O)N[C@H](CO)c3ccccc3)ccc21. The number of aliphatic hydroxyl groups excluding tert-OH is 1. The third-order valence-electron chi connectivity index (χ3n) is 6.58. The minimum Gasteiger partial charge on any atom is -0.394 e. The van der Waals surface area contributed by atoms with Crippen LogP contribution in [0.4, 0.5) is 5.69 Å². The lowest BCUT2D eigenvalue weighted by Crippen LogP contribution is -2.34. The summed E-state index contributed by atoms with van der Waals surface area (Å²) in [7, 11) is 0. The van der Waals surface area contributed by atoms with Crippen molar-refractivity contribution in [2.45, 2.75) is 65.5 Å². The monoisotopic (exact) mass is 479 g/mol. The van der Waals surface area contributed by atoms with E-state index in [1.165, 1.54) is 12.8 Å². The highest BCUT2D eigenvalue weighted by molar-refractivity contribution is 5.97. The van der Waals surface area contributed by atoms with E-state index in [0.717, 1.165) is 49.2 Å². The van der Waals surface area contributed by atoms with E-state index in [1.807, 2.05) is 47.4 Å². The number of nitrogens with zero attached hydrogens (tertiary/aromatic N) is 2. The van der Waals surface area contributed by atoms with Crippen LogP contribution < -0.4 is 10.2 Å². The van der Waals surface area contributed by atoms with E-state index in [4.69, 9.17) is 0 Å². The Balaban J connectivity index is 1.93. The average molecular weight is 480 g/mol. The topological polar surface area (TPSA) is 72.9 Å². The van der Waals surface area contributed by atoms with Gasteiger partial charge in [-0.3, -0.25) is 14.5 Å². The summed E-state index contributed by atoms with van der Waals surface area (Å²) in [4.78, 5) is 30.1. The van der Waals surface area contributed by atoms with Crippen molar-refractivity contribution in [2.24, 2.45) is 5.92 Å². The zero-order chi connectivity index (χ0) is 25.2. The van der Waals surface area contributed by atoms with Crippen LogP contribution in [0.25, 0.3) is 0 Å². The standard InChI is InChI=1S/C29H41N3O3/c1-22(2)19-31-16-10-5-4-6-11-17-32(23(3)34)28-15-14-25(18-26(28)20-31)29(35)30-27(21-33)24-12-8-7-9-13-24/h7-9,12-15,18,22,27,33H,4-6,10-11,16-17,19-21H2,1-3H3,(H,30,35)/t27-/m1/s1. The zero-order valence-electron chi connectivity index (χ0n) is 21.5. The zero-order valence-corrected chi connectivity index (χ0v) is 21.5. The number of rotatable bonds is 6. The van der Waals surface area contributed by atoms with Crippen LogP contribution in [0, 0.1) is 5.92 Å². The Hall–Kier alpha value is -2.70. The molecule has 6 heteroatoms. The number of hydrogen-bond acceptors (Lipinski definition) is 4. The Morgan fingerprint density at radius 3 is 2.31 bits per heavy atom. The maximum atomic E-state index is 13.2. The molecule has 2 aromatic rings. The summed E-state index contributed by atoms with van der Waals surface area (Å²) in [5.41, 5.74) is 3.29. The van der Waals surface area contributed by atoms with Gasteiger partial charge in [-0.05, 0) is 54.6 Å². The number of amides is 2. The van der Waals surface area contributed by atoms with Crippen LogP contribution in [0.1, 0.15) is 80.4 Å². The lowest BCUT2D eigenvalue weighted by molar-refractivity contribution is -0.116. The van der Waals surface area contributed by atoms with Crippen LogP contribution in [-0.4, -0.2) is 48.1 Å². The third kappa shape index (κ3) is 7.91. The number of carbonyl (C=O) groups excluding carboxylic acids is 2. The lowest BCUT2D eigenvalue weighted by Gasteiger charge is -2.30. The van der Waals surface area contributed by atoms with Crippen molar-refractivity contribution in [1.29, 1.82) is 0 Å². The highest BCUT2D eigenvalue weighted by Crippen LogP contribution is 2.27. The van der Waals surface area contributed by atoms with Gasteiger partial charge in [0, 0.05) is 37.8 Å². The molecule has 0 bridgehead atoms. The number of fused-ring (bicyclic) bond motifs is 1. The molecule has 2 aromatic carbocycles. The second-order valence-corrected chi connectivity index (χ2v) is 10.0. The van der Waals surface area contributed by atoms with Gasteiger partial charge >= 0.3 is 0 Å². The van der Waals surface area contributed by atoms with Crippen molar-refractivity contribution in [1.82, 2.24) is 10.2 Å². The van der Waals surface area contributed by atoms with Gasteiger partial charge in [-0.1, -0.05) is 63.4 Å². The number of hydrogen-bond donors (Lipinski definition) is 2. The summed E-state index contributed by atoms with van der Waals surface area (Å²) in [6, 6.07) is 14.7. The van der Waals surface area contributed by atoms with E-state index in [1.54, 1.807) is 13.0 Å². The summed E-state index contributed by atoms with van der Waals surface area (Å²) in [6.07, 6.45) is 5.65. The predicted molar refractivity (Wildman–Crippen MR) is 141 cm³/mol. The minimum atomic E-state index is -0.476. The van der Waals surface area contributed by atoms with Crippen molar-refractivity contribution < 1.29 is 14.7 Å². The van der Waals surface area contributed by atoms with E-state index in [0.29, 0.717) is 24.6 Å². The quantitative estimate of drug-likeness (QED) is 0.617. The first-order valence-electron chi connectivity index (χ1n) is 13.0. The van der Waals surface area contributed by atoms with Gasteiger partial charge in [0.15, 0.2) is 0 Å². The molecule has 0 aliphatic carbocycles. The van der Waals surface area contributed by atoms with Crippen LogP contribution in [0.5, 0.6) is 0 Å². The van der Waals surface area contributed by atoms with Crippen molar-refractivity contribution in [3.05, 3.63) is 65.2 Å². The molecule has 1 heterocycles. The molecule has 1 aliphatic heterocycles.